The Morgan fingerprint density at radius 3 is 2.70 bits per heavy atom. The van der Waals surface area contributed by atoms with Gasteiger partial charge in [0, 0.05) is 13.1 Å². The molecule has 0 saturated heterocycles. The molecule has 1 aromatic heterocycles. The lowest BCUT2D eigenvalue weighted by Gasteiger charge is -2.25. The monoisotopic (exact) mass is 316 g/mol. The molecule has 0 saturated carbocycles. The smallest absolute Gasteiger partial charge is 0.407 e. The minimum atomic E-state index is -0.645. The molecular weight excluding hydrogens is 296 g/mol. The van der Waals surface area contributed by atoms with Gasteiger partial charge in [0.1, 0.15) is 6.04 Å². The lowest BCUT2D eigenvalue weighted by atomic mass is 10.0. The predicted octanol–water partition coefficient (Wildman–Crippen LogP) is 1.76. The summed E-state index contributed by atoms with van der Waals surface area (Å²) in [5, 5.41) is 2.62. The maximum absolute atomic E-state index is 12.9. The van der Waals surface area contributed by atoms with Crippen LogP contribution in [0.1, 0.15) is 13.8 Å². The van der Waals surface area contributed by atoms with E-state index in [1.165, 1.54) is 7.11 Å². The molecule has 23 heavy (non-hydrogen) atoms. The molecule has 0 bridgehead atoms. The summed E-state index contributed by atoms with van der Waals surface area (Å²) in [6, 6.07) is 7.15. The van der Waals surface area contributed by atoms with Crippen LogP contribution in [0, 0.1) is 5.92 Å². The topological polar surface area (TPSA) is 76.5 Å². The summed E-state index contributed by atoms with van der Waals surface area (Å²) < 4.78 is 6.65. The van der Waals surface area contributed by atoms with Gasteiger partial charge in [-0.1, -0.05) is 26.0 Å². The van der Waals surface area contributed by atoms with Crippen molar-refractivity contribution >= 4 is 29.0 Å². The van der Waals surface area contributed by atoms with Gasteiger partial charge in [-0.2, -0.15) is 0 Å². The van der Waals surface area contributed by atoms with Crippen molar-refractivity contribution in [1.82, 2.24) is 14.9 Å². The zero-order valence-corrected chi connectivity index (χ0v) is 13.4. The number of benzene rings is 1. The molecule has 2 amide bonds. The number of alkyl carbamates (subject to hydrolysis) is 1. The number of methoxy groups -OCH3 is 1. The molecule has 1 aliphatic rings. The average Bonchev–Trinajstić information content (AvgIpc) is 3.10. The normalized spacial score (nSPS) is 14.9. The molecule has 1 aliphatic heterocycles. The van der Waals surface area contributed by atoms with Gasteiger partial charge in [-0.15, -0.1) is 0 Å². The summed E-state index contributed by atoms with van der Waals surface area (Å²) in [5.74, 6) is 0.410. The van der Waals surface area contributed by atoms with Crippen LogP contribution in [0.5, 0.6) is 0 Å². The molecule has 122 valence electrons. The number of hydrogen-bond donors (Lipinski definition) is 1. The quantitative estimate of drug-likeness (QED) is 0.936. The van der Waals surface area contributed by atoms with E-state index in [-0.39, 0.29) is 11.8 Å². The van der Waals surface area contributed by atoms with Gasteiger partial charge in [0.2, 0.25) is 5.95 Å². The second kappa shape index (κ2) is 5.91. The van der Waals surface area contributed by atoms with Crippen molar-refractivity contribution in [2.75, 3.05) is 18.6 Å². The Morgan fingerprint density at radius 1 is 1.26 bits per heavy atom. The zero-order chi connectivity index (χ0) is 16.6. The van der Waals surface area contributed by atoms with Crippen LogP contribution < -0.4 is 10.2 Å². The summed E-state index contributed by atoms with van der Waals surface area (Å²) in [4.78, 5) is 30.6. The van der Waals surface area contributed by atoms with Crippen LogP contribution >= 0.6 is 0 Å². The van der Waals surface area contributed by atoms with E-state index in [1.807, 2.05) is 42.7 Å². The van der Waals surface area contributed by atoms with E-state index in [9.17, 15) is 9.59 Å². The molecule has 0 aliphatic carbocycles. The number of nitrogens with zero attached hydrogens (tertiary/aromatic N) is 3. The highest BCUT2D eigenvalue weighted by atomic mass is 16.5. The Labute approximate surface area is 134 Å². The average molecular weight is 316 g/mol. The van der Waals surface area contributed by atoms with E-state index >= 15 is 0 Å². The minimum Gasteiger partial charge on any atom is -0.453 e. The van der Waals surface area contributed by atoms with Crippen LogP contribution in [0.4, 0.5) is 10.7 Å². The van der Waals surface area contributed by atoms with Crippen LogP contribution in [0.25, 0.3) is 11.0 Å². The van der Waals surface area contributed by atoms with Crippen LogP contribution in [0.2, 0.25) is 0 Å². The third-order valence-corrected chi connectivity index (χ3v) is 4.08. The molecule has 1 N–H and O–H groups in total. The molecule has 1 atom stereocenters. The van der Waals surface area contributed by atoms with Crippen molar-refractivity contribution in [3.8, 4) is 0 Å². The van der Waals surface area contributed by atoms with Crippen molar-refractivity contribution in [2.45, 2.75) is 26.4 Å². The second-order valence-electron chi connectivity index (χ2n) is 5.90. The number of amides is 2. The van der Waals surface area contributed by atoms with Gasteiger partial charge < -0.3 is 14.6 Å². The number of anilines is 1. The Balaban J connectivity index is 1.91. The molecule has 2 aromatic rings. The van der Waals surface area contributed by atoms with Crippen molar-refractivity contribution in [2.24, 2.45) is 5.92 Å². The van der Waals surface area contributed by atoms with Crippen molar-refractivity contribution in [3.63, 3.8) is 0 Å². The number of fused-ring (bicyclic) bond motifs is 3. The fourth-order valence-corrected chi connectivity index (χ4v) is 2.87. The van der Waals surface area contributed by atoms with E-state index in [1.54, 1.807) is 4.90 Å². The van der Waals surface area contributed by atoms with Gasteiger partial charge in [-0.3, -0.25) is 9.69 Å². The lowest BCUT2D eigenvalue weighted by Crippen LogP contribution is -2.51. The third-order valence-electron chi connectivity index (χ3n) is 4.08. The number of carbonyl (C=O) groups excluding carboxylic acids is 2. The number of para-hydroxylation sites is 2. The molecule has 2 heterocycles. The van der Waals surface area contributed by atoms with E-state index < -0.39 is 12.1 Å². The first-order valence-corrected chi connectivity index (χ1v) is 7.64. The summed E-state index contributed by atoms with van der Waals surface area (Å²) in [7, 11) is 1.28. The first-order chi connectivity index (χ1) is 11.0. The summed E-state index contributed by atoms with van der Waals surface area (Å²) in [5.41, 5.74) is 1.88. The van der Waals surface area contributed by atoms with Crippen molar-refractivity contribution in [1.29, 1.82) is 0 Å². The van der Waals surface area contributed by atoms with Gasteiger partial charge in [0.15, 0.2) is 0 Å². The number of hydrogen-bond acceptors (Lipinski definition) is 4. The molecule has 3 rings (SSSR count). The van der Waals surface area contributed by atoms with Crippen molar-refractivity contribution in [3.05, 3.63) is 24.3 Å². The Hall–Kier alpha value is -2.57. The largest absolute Gasteiger partial charge is 0.453 e. The molecule has 0 fully saturated rings. The molecular formula is C16H20N4O3. The Bertz CT molecular complexity index is 753. The Kier molecular flexibility index (Phi) is 3.94. The highest BCUT2D eigenvalue weighted by Crippen LogP contribution is 2.28. The third kappa shape index (κ3) is 2.62. The van der Waals surface area contributed by atoms with E-state index in [2.05, 4.69) is 15.0 Å². The maximum atomic E-state index is 12.9. The summed E-state index contributed by atoms with van der Waals surface area (Å²) in [6.07, 6.45) is -0.607. The summed E-state index contributed by atoms with van der Waals surface area (Å²) >= 11 is 0. The van der Waals surface area contributed by atoms with Gasteiger partial charge >= 0.3 is 6.09 Å². The lowest BCUT2D eigenvalue weighted by molar-refractivity contribution is -0.121. The fraction of sp³-hybridized carbons (Fsp3) is 0.438. The molecule has 7 nitrogen and oxygen atoms in total. The highest BCUT2D eigenvalue weighted by Gasteiger charge is 2.35. The Morgan fingerprint density at radius 2 is 2.00 bits per heavy atom. The predicted molar refractivity (Wildman–Crippen MR) is 86.3 cm³/mol. The fourth-order valence-electron chi connectivity index (χ4n) is 2.87. The summed E-state index contributed by atoms with van der Waals surface area (Å²) in [6.45, 7) is 5.03. The van der Waals surface area contributed by atoms with Gasteiger partial charge in [-0.05, 0) is 18.1 Å². The number of aromatic nitrogens is 2. The molecule has 0 unspecified atom stereocenters. The SMILES string of the molecule is COC(=O)N[C@H](C(=O)N1CCn2c1nc1ccccc12)C(C)C. The standard InChI is InChI=1S/C16H20N4O3/c1-10(2)13(18-16(22)23-3)14(21)20-9-8-19-12-7-5-4-6-11(12)17-15(19)20/h4-7,10,13H,8-9H2,1-3H3,(H,18,22)/t13-/m0/s1. The highest BCUT2D eigenvalue weighted by molar-refractivity contribution is 5.99. The number of imidazole rings is 1. The molecule has 0 radical (unpaired) electrons. The second-order valence-corrected chi connectivity index (χ2v) is 5.90. The molecule has 0 spiro atoms. The first-order valence-electron chi connectivity index (χ1n) is 7.64. The number of nitrogens with one attached hydrogen (secondary N) is 1. The molecule has 7 heteroatoms. The number of carbonyl (C=O) groups is 2. The molecule has 1 aromatic carbocycles. The van der Waals surface area contributed by atoms with Crippen LogP contribution in [0.15, 0.2) is 24.3 Å². The van der Waals surface area contributed by atoms with Gasteiger partial charge in [0.05, 0.1) is 18.1 Å². The van der Waals surface area contributed by atoms with Crippen LogP contribution in [-0.2, 0) is 16.1 Å². The zero-order valence-electron chi connectivity index (χ0n) is 13.4. The van der Waals surface area contributed by atoms with E-state index in [0.717, 1.165) is 11.0 Å². The van der Waals surface area contributed by atoms with E-state index in [0.29, 0.717) is 19.0 Å². The van der Waals surface area contributed by atoms with Gasteiger partial charge in [0.25, 0.3) is 5.91 Å². The first kappa shape index (κ1) is 15.3. The number of ether oxygens (including phenoxy) is 1. The van der Waals surface area contributed by atoms with Crippen LogP contribution in [-0.4, -0.2) is 41.2 Å². The minimum absolute atomic E-state index is 0.0555. The van der Waals surface area contributed by atoms with Crippen molar-refractivity contribution < 1.29 is 14.3 Å². The maximum Gasteiger partial charge on any atom is 0.407 e. The van der Waals surface area contributed by atoms with Gasteiger partial charge in [-0.25, -0.2) is 9.78 Å². The number of rotatable bonds is 3. The van der Waals surface area contributed by atoms with E-state index in [4.69, 9.17) is 0 Å². The van der Waals surface area contributed by atoms with Crippen LogP contribution in [0.3, 0.4) is 0 Å².